The summed E-state index contributed by atoms with van der Waals surface area (Å²) < 4.78 is 5.66. The topological polar surface area (TPSA) is 58.6 Å². The largest absolute Gasteiger partial charge is 0.479 e. The van der Waals surface area contributed by atoms with Crippen molar-refractivity contribution in [3.8, 4) is 5.75 Å². The zero-order valence-electron chi connectivity index (χ0n) is 14.7. The number of hydrogen-bond donors (Lipinski definition) is 1. The van der Waals surface area contributed by atoms with Gasteiger partial charge < -0.3 is 15.0 Å². The lowest BCUT2D eigenvalue weighted by Crippen LogP contribution is -2.30. The molecule has 6 heteroatoms. The Balaban J connectivity index is 2.01. The minimum Gasteiger partial charge on any atom is -0.479 e. The minimum atomic E-state index is -0.709. The third kappa shape index (κ3) is 4.97. The Labute approximate surface area is 152 Å². The van der Waals surface area contributed by atoms with E-state index < -0.39 is 6.10 Å². The molecule has 2 aromatic carbocycles. The molecule has 0 aromatic heterocycles. The molecule has 2 rings (SSSR count). The fourth-order valence-electron chi connectivity index (χ4n) is 2.14. The van der Waals surface area contributed by atoms with Gasteiger partial charge in [-0.15, -0.1) is 0 Å². The third-order valence-electron chi connectivity index (χ3n) is 3.75. The van der Waals surface area contributed by atoms with E-state index in [4.69, 9.17) is 16.3 Å². The molecule has 0 fully saturated rings. The minimum absolute atomic E-state index is 0.0613. The van der Waals surface area contributed by atoms with Crippen molar-refractivity contribution in [2.45, 2.75) is 26.9 Å². The first-order chi connectivity index (χ1) is 11.8. The number of amides is 2. The van der Waals surface area contributed by atoms with E-state index >= 15 is 0 Å². The zero-order chi connectivity index (χ0) is 18.6. The molecular weight excluding hydrogens is 340 g/mol. The Hall–Kier alpha value is -2.53. The molecular formula is C19H21ClN2O3. The highest BCUT2D eigenvalue weighted by Gasteiger charge is 2.16. The first-order valence-corrected chi connectivity index (χ1v) is 8.23. The van der Waals surface area contributed by atoms with Crippen molar-refractivity contribution in [3.63, 3.8) is 0 Å². The van der Waals surface area contributed by atoms with E-state index in [9.17, 15) is 9.59 Å². The fourth-order valence-corrected chi connectivity index (χ4v) is 2.30. The molecule has 2 amide bonds. The molecule has 0 aliphatic carbocycles. The fraction of sp³-hybridized carbons (Fsp3) is 0.263. The van der Waals surface area contributed by atoms with Crippen LogP contribution in [0.25, 0.3) is 0 Å². The van der Waals surface area contributed by atoms with E-state index in [1.165, 1.54) is 11.8 Å². The van der Waals surface area contributed by atoms with E-state index in [2.05, 4.69) is 5.32 Å². The zero-order valence-corrected chi connectivity index (χ0v) is 15.4. The van der Waals surface area contributed by atoms with Crippen molar-refractivity contribution < 1.29 is 14.3 Å². The van der Waals surface area contributed by atoms with Crippen LogP contribution in [-0.4, -0.2) is 25.0 Å². The van der Waals surface area contributed by atoms with Crippen LogP contribution in [0.4, 0.5) is 11.4 Å². The van der Waals surface area contributed by atoms with Gasteiger partial charge in [0.2, 0.25) is 5.91 Å². The van der Waals surface area contributed by atoms with E-state index in [1.54, 1.807) is 50.4 Å². The van der Waals surface area contributed by atoms with Gasteiger partial charge in [0.15, 0.2) is 6.10 Å². The molecule has 1 unspecified atom stereocenters. The smallest absolute Gasteiger partial charge is 0.265 e. The Bertz CT molecular complexity index is 775. The van der Waals surface area contributed by atoms with Gasteiger partial charge in [-0.3, -0.25) is 9.59 Å². The second-order valence-corrected chi connectivity index (χ2v) is 6.22. The van der Waals surface area contributed by atoms with Crippen LogP contribution in [-0.2, 0) is 9.59 Å². The maximum Gasteiger partial charge on any atom is 0.265 e. The van der Waals surface area contributed by atoms with Gasteiger partial charge in [0.1, 0.15) is 5.75 Å². The van der Waals surface area contributed by atoms with E-state index in [-0.39, 0.29) is 11.8 Å². The molecule has 0 heterocycles. The second kappa shape index (κ2) is 8.03. The summed E-state index contributed by atoms with van der Waals surface area (Å²) in [6.45, 7) is 5.07. The highest BCUT2D eigenvalue weighted by Crippen LogP contribution is 2.26. The van der Waals surface area contributed by atoms with E-state index in [1.807, 2.05) is 13.0 Å². The SMILES string of the molecule is CC(=O)N(C)c1ccc(NC(=O)C(C)Oc2cc(C)ccc2Cl)cc1. The number of aryl methyl sites for hydroxylation is 1. The molecule has 1 N–H and O–H groups in total. The lowest BCUT2D eigenvalue weighted by Gasteiger charge is -2.17. The molecule has 0 saturated carbocycles. The number of halogens is 1. The lowest BCUT2D eigenvalue weighted by molar-refractivity contribution is -0.122. The van der Waals surface area contributed by atoms with Crippen LogP contribution in [0.15, 0.2) is 42.5 Å². The Morgan fingerprint density at radius 1 is 1.16 bits per heavy atom. The van der Waals surface area contributed by atoms with Crippen LogP contribution < -0.4 is 15.0 Å². The van der Waals surface area contributed by atoms with Gasteiger partial charge in [-0.05, 0) is 55.8 Å². The number of benzene rings is 2. The molecule has 132 valence electrons. The molecule has 25 heavy (non-hydrogen) atoms. The average molecular weight is 361 g/mol. The highest BCUT2D eigenvalue weighted by molar-refractivity contribution is 6.32. The van der Waals surface area contributed by atoms with Crippen molar-refractivity contribution in [2.75, 3.05) is 17.3 Å². The number of hydrogen-bond acceptors (Lipinski definition) is 3. The predicted molar refractivity (Wildman–Crippen MR) is 100 cm³/mol. The number of nitrogens with one attached hydrogen (secondary N) is 1. The van der Waals surface area contributed by atoms with Crippen molar-refractivity contribution in [1.29, 1.82) is 0 Å². The number of rotatable bonds is 5. The summed E-state index contributed by atoms with van der Waals surface area (Å²) in [5.41, 5.74) is 2.37. The van der Waals surface area contributed by atoms with Crippen LogP contribution in [0.5, 0.6) is 5.75 Å². The van der Waals surface area contributed by atoms with Gasteiger partial charge in [-0.1, -0.05) is 17.7 Å². The molecule has 0 radical (unpaired) electrons. The molecule has 0 bridgehead atoms. The number of carbonyl (C=O) groups is 2. The van der Waals surface area contributed by atoms with Crippen molar-refractivity contribution in [2.24, 2.45) is 0 Å². The molecule has 0 aliphatic rings. The molecule has 2 aromatic rings. The summed E-state index contributed by atoms with van der Waals surface area (Å²) in [6.07, 6.45) is -0.709. The average Bonchev–Trinajstić information content (AvgIpc) is 2.58. The maximum absolute atomic E-state index is 12.3. The maximum atomic E-state index is 12.3. The summed E-state index contributed by atoms with van der Waals surface area (Å²) in [6, 6.07) is 12.4. The summed E-state index contributed by atoms with van der Waals surface area (Å²) in [4.78, 5) is 25.2. The van der Waals surface area contributed by atoms with Crippen LogP contribution in [0, 0.1) is 6.92 Å². The third-order valence-corrected chi connectivity index (χ3v) is 4.07. The first-order valence-electron chi connectivity index (χ1n) is 7.86. The van der Waals surface area contributed by atoms with Gasteiger partial charge in [-0.25, -0.2) is 0 Å². The van der Waals surface area contributed by atoms with E-state index in [0.717, 1.165) is 11.3 Å². The Morgan fingerprint density at radius 3 is 2.40 bits per heavy atom. The van der Waals surface area contributed by atoms with Crippen molar-refractivity contribution >= 4 is 34.8 Å². The summed E-state index contributed by atoms with van der Waals surface area (Å²) in [7, 11) is 1.69. The molecule has 1 atom stereocenters. The number of anilines is 2. The Kier molecular flexibility index (Phi) is 6.04. The normalized spacial score (nSPS) is 11.6. The van der Waals surface area contributed by atoms with E-state index in [0.29, 0.717) is 16.5 Å². The standard InChI is InChI=1S/C19H21ClN2O3/c1-12-5-10-17(20)18(11-12)25-13(2)19(24)21-15-6-8-16(9-7-15)22(4)14(3)23/h5-11,13H,1-4H3,(H,21,24). The molecule has 5 nitrogen and oxygen atoms in total. The van der Waals surface area contributed by atoms with Crippen LogP contribution in [0.3, 0.4) is 0 Å². The number of nitrogens with zero attached hydrogens (tertiary/aromatic N) is 1. The number of ether oxygens (including phenoxy) is 1. The monoisotopic (exact) mass is 360 g/mol. The van der Waals surface area contributed by atoms with Crippen molar-refractivity contribution in [3.05, 3.63) is 53.1 Å². The number of carbonyl (C=O) groups excluding carboxylic acids is 2. The van der Waals surface area contributed by atoms with Crippen molar-refractivity contribution in [1.82, 2.24) is 0 Å². The quantitative estimate of drug-likeness (QED) is 0.875. The van der Waals surface area contributed by atoms with Crippen LogP contribution >= 0.6 is 11.6 Å². The molecule has 0 aliphatic heterocycles. The predicted octanol–water partition coefficient (Wildman–Crippen LogP) is 4.04. The van der Waals surface area contributed by atoms with Crippen LogP contribution in [0.2, 0.25) is 5.02 Å². The summed E-state index contributed by atoms with van der Waals surface area (Å²) in [5.74, 6) is 0.127. The first kappa shape index (κ1) is 18.8. The second-order valence-electron chi connectivity index (χ2n) is 5.81. The molecule has 0 spiro atoms. The van der Waals surface area contributed by atoms with Crippen LogP contribution in [0.1, 0.15) is 19.4 Å². The Morgan fingerprint density at radius 2 is 1.80 bits per heavy atom. The van der Waals surface area contributed by atoms with Gasteiger partial charge in [-0.2, -0.15) is 0 Å². The van der Waals surface area contributed by atoms with Gasteiger partial charge in [0, 0.05) is 25.3 Å². The van der Waals surface area contributed by atoms with Gasteiger partial charge >= 0.3 is 0 Å². The van der Waals surface area contributed by atoms with Gasteiger partial charge in [0.25, 0.3) is 5.91 Å². The molecule has 0 saturated heterocycles. The highest BCUT2D eigenvalue weighted by atomic mass is 35.5. The van der Waals surface area contributed by atoms with Gasteiger partial charge in [0.05, 0.1) is 5.02 Å². The summed E-state index contributed by atoms with van der Waals surface area (Å²) >= 11 is 6.09. The lowest BCUT2D eigenvalue weighted by atomic mass is 10.2. The summed E-state index contributed by atoms with van der Waals surface area (Å²) in [5, 5.41) is 3.24.